The summed E-state index contributed by atoms with van der Waals surface area (Å²) in [5, 5.41) is 3.97. The summed E-state index contributed by atoms with van der Waals surface area (Å²) in [6, 6.07) is 9.66. The van der Waals surface area contributed by atoms with E-state index in [4.69, 9.17) is 5.53 Å². The molecular weight excluding hydrogens is 196 g/mol. The van der Waals surface area contributed by atoms with Crippen molar-refractivity contribution in [3.8, 4) is 11.3 Å². The molecule has 0 saturated carbocycles. The Morgan fingerprint density at radius 3 is 2.79 bits per heavy atom. The fourth-order valence-electron chi connectivity index (χ4n) is 1.13. The van der Waals surface area contributed by atoms with Gasteiger partial charge in [-0.3, -0.25) is 0 Å². The van der Waals surface area contributed by atoms with Gasteiger partial charge in [-0.1, -0.05) is 34.8 Å². The Balaban J connectivity index is 2.52. The van der Waals surface area contributed by atoms with Crippen LogP contribution >= 0.6 is 11.5 Å². The summed E-state index contributed by atoms with van der Waals surface area (Å²) in [4.78, 5) is 3.72. The van der Waals surface area contributed by atoms with Crippen molar-refractivity contribution in [2.45, 2.75) is 0 Å². The van der Waals surface area contributed by atoms with Gasteiger partial charge in [0, 0.05) is 5.56 Å². The second kappa shape index (κ2) is 3.91. The third-order valence-electron chi connectivity index (χ3n) is 1.74. The molecule has 0 saturated heterocycles. The van der Waals surface area contributed by atoms with Crippen LogP contribution in [0.1, 0.15) is 4.88 Å². The van der Waals surface area contributed by atoms with Crippen molar-refractivity contribution in [3.63, 3.8) is 0 Å². The van der Waals surface area contributed by atoms with E-state index in [-0.39, 0.29) is 0 Å². The van der Waals surface area contributed by atoms with Crippen LogP contribution in [0.5, 0.6) is 0 Å². The van der Waals surface area contributed by atoms with Crippen LogP contribution in [0.25, 0.3) is 16.8 Å². The van der Waals surface area contributed by atoms with E-state index in [1.54, 1.807) is 0 Å². The second-order valence-electron chi connectivity index (χ2n) is 2.60. The Labute approximate surface area is 84.6 Å². The van der Waals surface area contributed by atoms with Gasteiger partial charge in [0.25, 0.3) is 0 Å². The number of hydrogen-bond acceptors (Lipinski definition) is 3. The van der Waals surface area contributed by atoms with E-state index in [0.29, 0.717) is 0 Å². The Kier molecular flexibility index (Phi) is 2.44. The van der Waals surface area contributed by atoms with Crippen molar-refractivity contribution < 1.29 is 4.79 Å². The highest BCUT2D eigenvalue weighted by atomic mass is 32.1. The minimum atomic E-state index is 0.744. The van der Waals surface area contributed by atoms with Gasteiger partial charge in [0.1, 0.15) is 5.69 Å². The molecule has 0 unspecified atom stereocenters. The highest BCUT2D eigenvalue weighted by Gasteiger charge is 2.10. The lowest BCUT2D eigenvalue weighted by Gasteiger charge is -1.93. The Hall–Kier alpha value is -1.84. The molecule has 0 aliphatic heterocycles. The molecule has 1 heterocycles. The number of rotatable bonds is 2. The largest absolute Gasteiger partial charge is 0.361 e. The van der Waals surface area contributed by atoms with Crippen molar-refractivity contribution in [1.82, 2.24) is 9.59 Å². The van der Waals surface area contributed by atoms with Gasteiger partial charge in [0.15, 0.2) is 4.88 Å². The second-order valence-corrected chi connectivity index (χ2v) is 3.38. The van der Waals surface area contributed by atoms with Gasteiger partial charge in [-0.2, -0.15) is 4.79 Å². The summed E-state index contributed by atoms with van der Waals surface area (Å²) in [5.41, 5.74) is 10.1. The number of hydrogen-bond donors (Lipinski definition) is 0. The predicted molar refractivity (Wildman–Crippen MR) is 54.1 cm³/mol. The minimum Gasteiger partial charge on any atom is -0.361 e. The van der Waals surface area contributed by atoms with Crippen molar-refractivity contribution >= 4 is 17.7 Å². The first kappa shape index (κ1) is 8.74. The molecule has 0 amide bonds. The molecule has 2 rings (SSSR count). The molecule has 0 atom stereocenters. The first-order valence-electron chi connectivity index (χ1n) is 3.97. The van der Waals surface area contributed by atoms with Crippen molar-refractivity contribution in [1.29, 1.82) is 0 Å². The summed E-state index contributed by atoms with van der Waals surface area (Å²) in [6.07, 6.45) is 1.34. The smallest absolute Gasteiger partial charge is 0.301 e. The molecule has 0 N–H and O–H groups in total. The molecule has 0 aliphatic rings. The van der Waals surface area contributed by atoms with Crippen LogP contribution in [-0.2, 0) is 0 Å². The number of benzene rings is 1. The van der Waals surface area contributed by atoms with E-state index in [9.17, 15) is 0 Å². The fourth-order valence-corrected chi connectivity index (χ4v) is 1.68. The van der Waals surface area contributed by atoms with Gasteiger partial charge in [0.05, 0.1) is 0 Å². The molecule has 0 bridgehead atoms. The molecule has 0 fully saturated rings. The van der Waals surface area contributed by atoms with Gasteiger partial charge in [-0.25, -0.2) is 0 Å². The normalized spacial score (nSPS) is 9.43. The van der Waals surface area contributed by atoms with E-state index >= 15 is 0 Å². The molecule has 1 aromatic heterocycles. The SMILES string of the molecule is [N-]=[N+]=Cc1snnc1-c1ccccc1. The third-order valence-corrected chi connectivity index (χ3v) is 2.39. The predicted octanol–water partition coefficient (Wildman–Crippen LogP) is 1.85. The molecule has 2 aromatic rings. The zero-order valence-electron chi connectivity index (χ0n) is 7.16. The number of nitrogens with zero attached hydrogens (tertiary/aromatic N) is 4. The average molecular weight is 202 g/mol. The monoisotopic (exact) mass is 202 g/mol. The highest BCUT2D eigenvalue weighted by Crippen LogP contribution is 2.21. The van der Waals surface area contributed by atoms with Crippen LogP contribution in [-0.4, -0.2) is 20.6 Å². The summed E-state index contributed by atoms with van der Waals surface area (Å²) in [7, 11) is 0. The van der Waals surface area contributed by atoms with Gasteiger partial charge < -0.3 is 5.53 Å². The van der Waals surface area contributed by atoms with E-state index in [0.717, 1.165) is 16.1 Å². The Bertz CT molecular complexity index is 471. The van der Waals surface area contributed by atoms with Gasteiger partial charge >= 0.3 is 6.21 Å². The molecule has 4 nitrogen and oxygen atoms in total. The molecule has 68 valence electrons. The molecular formula is C9H6N4S. The summed E-state index contributed by atoms with van der Waals surface area (Å²) >= 11 is 1.20. The van der Waals surface area contributed by atoms with E-state index in [2.05, 4.69) is 14.4 Å². The molecule has 1 aromatic carbocycles. The fraction of sp³-hybridized carbons (Fsp3) is 0. The molecule has 0 radical (unpaired) electrons. The standard InChI is InChI=1S/C9H6N4S/c10-11-6-8-9(12-13-14-8)7-4-2-1-3-5-7/h1-6H. The Morgan fingerprint density at radius 2 is 2.07 bits per heavy atom. The van der Waals surface area contributed by atoms with Crippen LogP contribution in [0.2, 0.25) is 0 Å². The quantitative estimate of drug-likeness (QED) is 0.424. The van der Waals surface area contributed by atoms with Gasteiger partial charge in [-0.15, -0.1) is 5.10 Å². The first-order valence-corrected chi connectivity index (χ1v) is 4.74. The lowest BCUT2D eigenvalue weighted by Crippen LogP contribution is -1.83. The van der Waals surface area contributed by atoms with Crippen LogP contribution < -0.4 is 0 Å². The molecule has 14 heavy (non-hydrogen) atoms. The maximum absolute atomic E-state index is 8.43. The summed E-state index contributed by atoms with van der Waals surface area (Å²) in [6.45, 7) is 0. The minimum absolute atomic E-state index is 0.744. The first-order chi connectivity index (χ1) is 6.92. The highest BCUT2D eigenvalue weighted by molar-refractivity contribution is 7.07. The van der Waals surface area contributed by atoms with E-state index < -0.39 is 0 Å². The zero-order chi connectivity index (χ0) is 9.80. The van der Waals surface area contributed by atoms with Crippen molar-refractivity contribution in [3.05, 3.63) is 40.7 Å². The van der Waals surface area contributed by atoms with E-state index in [1.807, 2.05) is 30.3 Å². The van der Waals surface area contributed by atoms with Crippen molar-refractivity contribution in [2.24, 2.45) is 0 Å². The lowest BCUT2D eigenvalue weighted by molar-refractivity contribution is 0.00484. The van der Waals surface area contributed by atoms with Crippen LogP contribution in [0.4, 0.5) is 0 Å². The van der Waals surface area contributed by atoms with Gasteiger partial charge in [0.2, 0.25) is 0 Å². The van der Waals surface area contributed by atoms with Crippen LogP contribution in [0.15, 0.2) is 30.3 Å². The van der Waals surface area contributed by atoms with Crippen LogP contribution in [0, 0.1) is 0 Å². The topological polar surface area (TPSA) is 62.2 Å². The summed E-state index contributed by atoms with van der Waals surface area (Å²) < 4.78 is 3.81. The lowest BCUT2D eigenvalue weighted by atomic mass is 10.1. The number of aromatic nitrogens is 2. The summed E-state index contributed by atoms with van der Waals surface area (Å²) in [5.74, 6) is 0. The maximum Gasteiger partial charge on any atom is 0.301 e. The molecule has 5 heteroatoms. The van der Waals surface area contributed by atoms with Gasteiger partial charge in [-0.05, 0) is 11.5 Å². The zero-order valence-corrected chi connectivity index (χ0v) is 7.98. The maximum atomic E-state index is 8.43. The molecule has 0 spiro atoms. The Morgan fingerprint density at radius 1 is 1.29 bits per heavy atom. The van der Waals surface area contributed by atoms with E-state index in [1.165, 1.54) is 17.7 Å². The van der Waals surface area contributed by atoms with Crippen LogP contribution in [0.3, 0.4) is 0 Å². The molecule has 0 aliphatic carbocycles. The van der Waals surface area contributed by atoms with Crippen molar-refractivity contribution in [2.75, 3.05) is 0 Å². The third kappa shape index (κ3) is 1.59. The average Bonchev–Trinajstić information content (AvgIpc) is 2.68.